The van der Waals surface area contributed by atoms with Crippen molar-refractivity contribution in [1.29, 1.82) is 0 Å². The normalized spacial score (nSPS) is 14.2. The maximum absolute atomic E-state index is 12.5. The molecule has 0 bridgehead atoms. The maximum atomic E-state index is 12.5. The molecule has 1 amide bonds. The molecule has 0 aliphatic carbocycles. The van der Waals surface area contributed by atoms with Gasteiger partial charge in [0, 0.05) is 31.0 Å². The summed E-state index contributed by atoms with van der Waals surface area (Å²) >= 11 is 0. The largest absolute Gasteiger partial charge is 0.378 e. The monoisotopic (exact) mass is 350 g/mol. The number of morpholine rings is 1. The van der Waals surface area contributed by atoms with E-state index in [1.807, 2.05) is 30.3 Å². The SMILES string of the molecule is O=C(c1cn(-c2cc(Nc3ccccc3)ncn2)cn1)N1CCOCC1. The second-order valence-corrected chi connectivity index (χ2v) is 5.82. The van der Waals surface area contributed by atoms with Crippen LogP contribution in [0.3, 0.4) is 0 Å². The predicted molar refractivity (Wildman–Crippen MR) is 95.6 cm³/mol. The molecule has 3 heterocycles. The highest BCUT2D eigenvalue weighted by Crippen LogP contribution is 2.16. The molecular formula is C18H18N6O2. The Labute approximate surface area is 150 Å². The third kappa shape index (κ3) is 3.55. The van der Waals surface area contributed by atoms with Gasteiger partial charge < -0.3 is 15.0 Å². The van der Waals surface area contributed by atoms with Crippen molar-refractivity contribution < 1.29 is 9.53 Å². The van der Waals surface area contributed by atoms with E-state index < -0.39 is 0 Å². The van der Waals surface area contributed by atoms with Crippen LogP contribution >= 0.6 is 0 Å². The van der Waals surface area contributed by atoms with Gasteiger partial charge in [0.25, 0.3) is 5.91 Å². The van der Waals surface area contributed by atoms with Crippen molar-refractivity contribution in [3.05, 3.63) is 60.9 Å². The fourth-order valence-corrected chi connectivity index (χ4v) is 2.71. The molecule has 3 aromatic rings. The molecule has 8 heteroatoms. The smallest absolute Gasteiger partial charge is 0.274 e. The Hall–Kier alpha value is -3.26. The molecule has 0 atom stereocenters. The highest BCUT2D eigenvalue weighted by atomic mass is 16.5. The zero-order valence-corrected chi connectivity index (χ0v) is 14.1. The standard InChI is InChI=1S/C18H18N6O2/c25-18(23-6-8-26-9-7-23)15-11-24(13-21-15)17-10-16(19-12-20-17)22-14-4-2-1-3-5-14/h1-5,10-13H,6-9H2,(H,19,20,22). The van der Waals surface area contributed by atoms with Crippen molar-refractivity contribution in [3.8, 4) is 5.82 Å². The van der Waals surface area contributed by atoms with E-state index in [-0.39, 0.29) is 5.91 Å². The average Bonchev–Trinajstić information content (AvgIpc) is 3.19. The first-order valence-electron chi connectivity index (χ1n) is 8.35. The molecule has 132 valence electrons. The predicted octanol–water partition coefficient (Wildman–Crippen LogP) is 1.88. The Balaban J connectivity index is 1.52. The zero-order valence-electron chi connectivity index (χ0n) is 14.1. The molecule has 2 aromatic heterocycles. The number of nitrogens with zero attached hydrogens (tertiary/aromatic N) is 5. The van der Waals surface area contributed by atoms with Crippen LogP contribution in [0.2, 0.25) is 0 Å². The lowest BCUT2D eigenvalue weighted by atomic mass is 10.3. The van der Waals surface area contributed by atoms with Crippen LogP contribution in [0.1, 0.15) is 10.5 Å². The van der Waals surface area contributed by atoms with E-state index in [2.05, 4.69) is 20.3 Å². The molecule has 26 heavy (non-hydrogen) atoms. The summed E-state index contributed by atoms with van der Waals surface area (Å²) in [6, 6.07) is 11.6. The molecule has 1 aliphatic rings. The van der Waals surface area contributed by atoms with Crippen LogP contribution in [0.25, 0.3) is 5.82 Å². The van der Waals surface area contributed by atoms with Gasteiger partial charge in [-0.1, -0.05) is 18.2 Å². The van der Waals surface area contributed by atoms with Gasteiger partial charge in [0.2, 0.25) is 0 Å². The van der Waals surface area contributed by atoms with Crippen molar-refractivity contribution >= 4 is 17.4 Å². The van der Waals surface area contributed by atoms with Crippen molar-refractivity contribution in [3.63, 3.8) is 0 Å². The summed E-state index contributed by atoms with van der Waals surface area (Å²) in [6.07, 6.45) is 4.75. The second kappa shape index (κ2) is 7.32. The van der Waals surface area contributed by atoms with E-state index in [9.17, 15) is 4.79 Å². The summed E-state index contributed by atoms with van der Waals surface area (Å²) in [6.45, 7) is 2.30. The number of amides is 1. The minimum absolute atomic E-state index is 0.0938. The maximum Gasteiger partial charge on any atom is 0.274 e. The molecule has 1 N–H and O–H groups in total. The molecule has 1 fully saturated rings. The van der Waals surface area contributed by atoms with Crippen molar-refractivity contribution in [2.45, 2.75) is 0 Å². The average molecular weight is 350 g/mol. The number of para-hydroxylation sites is 1. The lowest BCUT2D eigenvalue weighted by molar-refractivity contribution is 0.0299. The summed E-state index contributed by atoms with van der Waals surface area (Å²) in [7, 11) is 0. The summed E-state index contributed by atoms with van der Waals surface area (Å²) < 4.78 is 6.99. The number of imidazole rings is 1. The first kappa shape index (κ1) is 16.2. The van der Waals surface area contributed by atoms with Crippen LogP contribution in [0.15, 0.2) is 55.2 Å². The van der Waals surface area contributed by atoms with Gasteiger partial charge in [0.05, 0.1) is 13.2 Å². The van der Waals surface area contributed by atoms with Gasteiger partial charge in [-0.25, -0.2) is 15.0 Å². The topological polar surface area (TPSA) is 85.2 Å². The van der Waals surface area contributed by atoms with Crippen LogP contribution in [-0.4, -0.2) is 56.6 Å². The number of carbonyl (C=O) groups excluding carboxylic acids is 1. The van der Waals surface area contributed by atoms with Crippen LogP contribution in [0.5, 0.6) is 0 Å². The van der Waals surface area contributed by atoms with E-state index in [0.29, 0.717) is 43.6 Å². The van der Waals surface area contributed by atoms with Gasteiger partial charge >= 0.3 is 0 Å². The van der Waals surface area contributed by atoms with E-state index in [4.69, 9.17) is 4.74 Å². The number of hydrogen-bond donors (Lipinski definition) is 1. The van der Waals surface area contributed by atoms with Gasteiger partial charge in [0.1, 0.15) is 30.0 Å². The minimum Gasteiger partial charge on any atom is -0.378 e. The van der Waals surface area contributed by atoms with E-state index in [0.717, 1.165) is 5.69 Å². The summed E-state index contributed by atoms with van der Waals surface area (Å²) in [5.41, 5.74) is 1.33. The van der Waals surface area contributed by atoms with E-state index in [1.54, 1.807) is 28.1 Å². The second-order valence-electron chi connectivity index (χ2n) is 5.82. The summed E-state index contributed by atoms with van der Waals surface area (Å²) in [5.74, 6) is 1.20. The Morgan fingerprint density at radius 1 is 1.08 bits per heavy atom. The molecular weight excluding hydrogens is 332 g/mol. The Morgan fingerprint density at radius 3 is 2.69 bits per heavy atom. The summed E-state index contributed by atoms with van der Waals surface area (Å²) in [5, 5.41) is 3.22. The first-order valence-corrected chi connectivity index (χ1v) is 8.35. The van der Waals surface area contributed by atoms with Crippen LogP contribution < -0.4 is 5.32 Å². The van der Waals surface area contributed by atoms with E-state index >= 15 is 0 Å². The minimum atomic E-state index is -0.0938. The number of nitrogens with one attached hydrogen (secondary N) is 1. The third-order valence-corrected chi connectivity index (χ3v) is 4.06. The molecule has 0 saturated carbocycles. The Kier molecular flexibility index (Phi) is 4.57. The van der Waals surface area contributed by atoms with Crippen molar-refractivity contribution in [1.82, 2.24) is 24.4 Å². The number of rotatable bonds is 4. The summed E-state index contributed by atoms with van der Waals surface area (Å²) in [4.78, 5) is 27.0. The number of ether oxygens (including phenoxy) is 1. The third-order valence-electron chi connectivity index (χ3n) is 4.06. The quantitative estimate of drug-likeness (QED) is 0.773. The number of benzene rings is 1. The van der Waals surface area contributed by atoms with Gasteiger partial charge in [-0.05, 0) is 12.1 Å². The van der Waals surface area contributed by atoms with Gasteiger partial charge in [-0.15, -0.1) is 0 Å². The number of hydrogen-bond acceptors (Lipinski definition) is 6. The van der Waals surface area contributed by atoms with Crippen molar-refractivity contribution in [2.75, 3.05) is 31.6 Å². The number of anilines is 2. The molecule has 0 radical (unpaired) electrons. The van der Waals surface area contributed by atoms with E-state index in [1.165, 1.54) is 6.33 Å². The van der Waals surface area contributed by atoms with Crippen LogP contribution in [-0.2, 0) is 4.74 Å². The lowest BCUT2D eigenvalue weighted by Gasteiger charge is -2.25. The van der Waals surface area contributed by atoms with Crippen LogP contribution in [0, 0.1) is 0 Å². The molecule has 8 nitrogen and oxygen atoms in total. The Bertz CT molecular complexity index is 889. The van der Waals surface area contributed by atoms with Gasteiger partial charge in [0.15, 0.2) is 0 Å². The number of carbonyl (C=O) groups is 1. The molecule has 1 saturated heterocycles. The Morgan fingerprint density at radius 2 is 1.88 bits per heavy atom. The van der Waals surface area contributed by atoms with Gasteiger partial charge in [-0.3, -0.25) is 9.36 Å². The molecule has 0 unspecified atom stereocenters. The molecule has 1 aromatic carbocycles. The molecule has 0 spiro atoms. The highest BCUT2D eigenvalue weighted by Gasteiger charge is 2.20. The number of aromatic nitrogens is 4. The van der Waals surface area contributed by atoms with Crippen molar-refractivity contribution in [2.24, 2.45) is 0 Å². The van der Waals surface area contributed by atoms with Gasteiger partial charge in [-0.2, -0.15) is 0 Å². The van der Waals surface area contributed by atoms with Crippen LogP contribution in [0.4, 0.5) is 11.5 Å². The highest BCUT2D eigenvalue weighted by molar-refractivity contribution is 5.92. The molecule has 1 aliphatic heterocycles. The zero-order chi connectivity index (χ0) is 17.8. The fourth-order valence-electron chi connectivity index (χ4n) is 2.71. The lowest BCUT2D eigenvalue weighted by Crippen LogP contribution is -2.40. The fraction of sp³-hybridized carbons (Fsp3) is 0.222. The molecule has 4 rings (SSSR count). The first-order chi connectivity index (χ1) is 12.8.